The maximum absolute atomic E-state index is 10.5. The molecule has 0 aliphatic carbocycles. The van der Waals surface area contributed by atoms with Crippen molar-refractivity contribution in [3.05, 3.63) is 23.4 Å². The van der Waals surface area contributed by atoms with Gasteiger partial charge in [0.15, 0.2) is 0 Å². The molecular formula is C12H16N2O2Si. The second kappa shape index (κ2) is 5.02. The summed E-state index contributed by atoms with van der Waals surface area (Å²) in [7, 11) is -1.44. The Morgan fingerprint density at radius 3 is 2.59 bits per heavy atom. The first-order valence-corrected chi connectivity index (χ1v) is 8.78. The van der Waals surface area contributed by atoms with E-state index in [-0.39, 0.29) is 0 Å². The van der Waals surface area contributed by atoms with Gasteiger partial charge in [-0.05, 0) is 24.6 Å². The molecule has 0 spiro atoms. The average molecular weight is 248 g/mol. The molecule has 17 heavy (non-hydrogen) atoms. The Balaban J connectivity index is 3.04. The Morgan fingerprint density at radius 2 is 2.06 bits per heavy atom. The molecule has 1 amide bonds. The molecular weight excluding hydrogens is 232 g/mol. The van der Waals surface area contributed by atoms with Crippen LogP contribution in [0.5, 0.6) is 0 Å². The van der Waals surface area contributed by atoms with Crippen LogP contribution in [-0.4, -0.2) is 24.3 Å². The summed E-state index contributed by atoms with van der Waals surface area (Å²) in [5, 5.41) is 10.9. The van der Waals surface area contributed by atoms with Gasteiger partial charge in [0.05, 0.1) is 0 Å². The summed E-state index contributed by atoms with van der Waals surface area (Å²) < 4.78 is 0. The maximum atomic E-state index is 10.5. The van der Waals surface area contributed by atoms with Crippen LogP contribution in [0.4, 0.5) is 10.6 Å². The number of aromatic nitrogens is 1. The Hall–Kier alpha value is -1.80. The predicted octanol–water partition coefficient (Wildman–Crippen LogP) is 2.71. The van der Waals surface area contributed by atoms with Crippen LogP contribution in [0.1, 0.15) is 11.3 Å². The second-order valence-electron chi connectivity index (χ2n) is 4.85. The van der Waals surface area contributed by atoms with Crippen LogP contribution in [0.2, 0.25) is 19.6 Å². The Bertz CT molecular complexity index is 495. The van der Waals surface area contributed by atoms with Crippen LogP contribution in [0.3, 0.4) is 0 Å². The summed E-state index contributed by atoms with van der Waals surface area (Å²) in [5.74, 6) is 3.32. The van der Waals surface area contributed by atoms with Gasteiger partial charge in [-0.25, -0.2) is 9.78 Å². The SMILES string of the molecule is Cc1cc(C#C[Si](C)(C)C)nc(NC(=O)O)c1. The predicted molar refractivity (Wildman–Crippen MR) is 70.8 cm³/mol. The van der Waals surface area contributed by atoms with E-state index in [0.717, 1.165) is 5.56 Å². The van der Waals surface area contributed by atoms with E-state index in [1.807, 2.05) is 13.0 Å². The molecule has 4 nitrogen and oxygen atoms in total. The number of amides is 1. The molecule has 0 aromatic carbocycles. The van der Waals surface area contributed by atoms with Gasteiger partial charge in [0, 0.05) is 0 Å². The zero-order valence-corrected chi connectivity index (χ0v) is 11.5. The molecule has 0 atom stereocenters. The first kappa shape index (κ1) is 13.3. The lowest BCUT2D eigenvalue weighted by Crippen LogP contribution is -2.16. The minimum absolute atomic E-state index is 0.317. The first-order chi connectivity index (χ1) is 7.76. The molecule has 0 radical (unpaired) electrons. The van der Waals surface area contributed by atoms with Crippen molar-refractivity contribution in [1.82, 2.24) is 4.98 Å². The number of carbonyl (C=O) groups is 1. The fourth-order valence-corrected chi connectivity index (χ4v) is 1.66. The number of nitrogens with zero attached hydrogens (tertiary/aromatic N) is 1. The van der Waals surface area contributed by atoms with E-state index < -0.39 is 14.2 Å². The highest BCUT2D eigenvalue weighted by molar-refractivity contribution is 6.83. The minimum Gasteiger partial charge on any atom is -0.465 e. The normalized spacial score (nSPS) is 10.4. The van der Waals surface area contributed by atoms with Crippen molar-refractivity contribution >= 4 is 20.0 Å². The molecule has 0 unspecified atom stereocenters. The molecule has 0 saturated carbocycles. The van der Waals surface area contributed by atoms with Crippen LogP contribution in [-0.2, 0) is 0 Å². The van der Waals surface area contributed by atoms with E-state index >= 15 is 0 Å². The lowest BCUT2D eigenvalue weighted by molar-refractivity contribution is 0.209. The summed E-state index contributed by atoms with van der Waals surface area (Å²) in [6.45, 7) is 8.32. The monoisotopic (exact) mass is 248 g/mol. The van der Waals surface area contributed by atoms with Crippen molar-refractivity contribution in [3.63, 3.8) is 0 Å². The standard InChI is InChI=1S/C12H16N2O2Si/c1-9-7-10(5-6-17(2,3)4)13-11(8-9)14-12(15)16/h7-8H,1-4H3,(H,13,14)(H,15,16). The van der Waals surface area contributed by atoms with Crippen LogP contribution in [0.15, 0.2) is 12.1 Å². The molecule has 0 aliphatic rings. The average Bonchev–Trinajstić information content (AvgIpc) is 2.11. The molecule has 1 heterocycles. The third-order valence-electron chi connectivity index (χ3n) is 1.77. The summed E-state index contributed by atoms with van der Waals surface area (Å²) in [6, 6.07) is 3.52. The molecule has 5 heteroatoms. The van der Waals surface area contributed by atoms with Gasteiger partial charge in [-0.2, -0.15) is 0 Å². The smallest absolute Gasteiger partial charge is 0.410 e. The van der Waals surface area contributed by atoms with Gasteiger partial charge in [-0.3, -0.25) is 5.32 Å². The van der Waals surface area contributed by atoms with Crippen molar-refractivity contribution in [1.29, 1.82) is 0 Å². The maximum Gasteiger partial charge on any atom is 0.410 e. The van der Waals surface area contributed by atoms with Gasteiger partial charge < -0.3 is 5.11 Å². The fraction of sp³-hybridized carbons (Fsp3) is 0.333. The van der Waals surface area contributed by atoms with Gasteiger partial charge in [0.25, 0.3) is 0 Å². The van der Waals surface area contributed by atoms with Gasteiger partial charge in [-0.15, -0.1) is 5.54 Å². The molecule has 0 aliphatic heterocycles. The number of carboxylic acid groups (broad SMARTS) is 1. The summed E-state index contributed by atoms with van der Waals surface area (Å²) in [4.78, 5) is 14.7. The molecule has 2 N–H and O–H groups in total. The zero-order valence-electron chi connectivity index (χ0n) is 10.5. The van der Waals surface area contributed by atoms with Crippen LogP contribution in [0, 0.1) is 18.4 Å². The molecule has 1 aromatic heterocycles. The molecule has 1 rings (SSSR count). The topological polar surface area (TPSA) is 62.2 Å². The van der Waals surface area contributed by atoms with E-state index in [9.17, 15) is 4.79 Å². The van der Waals surface area contributed by atoms with E-state index in [1.54, 1.807) is 6.07 Å². The highest BCUT2D eigenvalue weighted by Gasteiger charge is 2.08. The first-order valence-electron chi connectivity index (χ1n) is 5.28. The number of anilines is 1. The molecule has 90 valence electrons. The van der Waals surface area contributed by atoms with E-state index in [2.05, 4.69) is 41.4 Å². The van der Waals surface area contributed by atoms with E-state index in [0.29, 0.717) is 11.5 Å². The summed E-state index contributed by atoms with van der Waals surface area (Å²) >= 11 is 0. The quantitative estimate of drug-likeness (QED) is 0.593. The molecule has 1 aromatic rings. The van der Waals surface area contributed by atoms with Crippen molar-refractivity contribution in [2.45, 2.75) is 26.6 Å². The van der Waals surface area contributed by atoms with E-state index in [4.69, 9.17) is 5.11 Å². The van der Waals surface area contributed by atoms with Crippen LogP contribution < -0.4 is 5.32 Å². The van der Waals surface area contributed by atoms with Crippen molar-refractivity contribution in [3.8, 4) is 11.5 Å². The number of rotatable bonds is 1. The number of pyridine rings is 1. The fourth-order valence-electron chi connectivity index (χ4n) is 1.16. The third kappa shape index (κ3) is 5.18. The number of aryl methyl sites for hydroxylation is 1. The van der Waals surface area contributed by atoms with Crippen LogP contribution in [0.25, 0.3) is 0 Å². The van der Waals surface area contributed by atoms with Crippen molar-refractivity contribution in [2.75, 3.05) is 5.32 Å². The Morgan fingerprint density at radius 1 is 1.41 bits per heavy atom. The largest absolute Gasteiger partial charge is 0.465 e. The Kier molecular flexibility index (Phi) is 3.92. The second-order valence-corrected chi connectivity index (χ2v) is 9.60. The zero-order chi connectivity index (χ0) is 13.1. The summed E-state index contributed by atoms with van der Waals surface area (Å²) in [5.41, 5.74) is 4.74. The summed E-state index contributed by atoms with van der Waals surface area (Å²) in [6.07, 6.45) is -1.12. The number of nitrogens with one attached hydrogen (secondary N) is 1. The highest BCUT2D eigenvalue weighted by atomic mass is 28.3. The lowest BCUT2D eigenvalue weighted by atomic mass is 10.2. The minimum atomic E-state index is -1.44. The van der Waals surface area contributed by atoms with Gasteiger partial charge >= 0.3 is 6.09 Å². The Labute approximate surface area is 102 Å². The number of hydrogen-bond donors (Lipinski definition) is 2. The van der Waals surface area contributed by atoms with E-state index in [1.165, 1.54) is 0 Å². The molecule has 0 bridgehead atoms. The highest BCUT2D eigenvalue weighted by Crippen LogP contribution is 2.09. The van der Waals surface area contributed by atoms with Gasteiger partial charge in [-0.1, -0.05) is 25.6 Å². The van der Waals surface area contributed by atoms with Crippen molar-refractivity contribution in [2.24, 2.45) is 0 Å². The molecule has 0 saturated heterocycles. The van der Waals surface area contributed by atoms with Gasteiger partial charge in [0.1, 0.15) is 19.6 Å². The lowest BCUT2D eigenvalue weighted by Gasteiger charge is -2.05. The molecule has 0 fully saturated rings. The third-order valence-corrected chi connectivity index (χ3v) is 2.65. The van der Waals surface area contributed by atoms with Crippen molar-refractivity contribution < 1.29 is 9.90 Å². The van der Waals surface area contributed by atoms with Gasteiger partial charge in [0.2, 0.25) is 0 Å². The number of hydrogen-bond acceptors (Lipinski definition) is 2. The van der Waals surface area contributed by atoms with Crippen LogP contribution >= 0.6 is 0 Å².